The zero-order valence-electron chi connectivity index (χ0n) is 23.7. The van der Waals surface area contributed by atoms with Gasteiger partial charge in [0.2, 0.25) is 0 Å². The van der Waals surface area contributed by atoms with Gasteiger partial charge < -0.3 is 10.6 Å². The van der Waals surface area contributed by atoms with E-state index in [9.17, 15) is 9.59 Å². The van der Waals surface area contributed by atoms with Crippen molar-refractivity contribution in [3.05, 3.63) is 130 Å². The van der Waals surface area contributed by atoms with Crippen molar-refractivity contribution in [1.82, 2.24) is 20.6 Å². The SMILES string of the molecule is O=C(NCCCCNC(=O)c1cc(-c2ccccc2Cl)nc2ccccc12)c1cc(-c2ccccc2Cl)nc2ccccc12. The predicted molar refractivity (Wildman–Crippen MR) is 178 cm³/mol. The van der Waals surface area contributed by atoms with Crippen LogP contribution in [0.2, 0.25) is 10.0 Å². The van der Waals surface area contributed by atoms with Crippen LogP contribution in [-0.4, -0.2) is 34.9 Å². The molecule has 0 aliphatic heterocycles. The standard InChI is InChI=1S/C36H28Cl2N4O2/c37-29-15-5-1-13-25(29)33-21-27(23-11-3-7-17-31(23)41-33)35(43)39-19-9-10-20-40-36(44)28-22-34(26-14-2-6-16-30(26)38)42-32-18-8-4-12-24(28)32/h1-8,11-18,21-22H,9-10,19-20H2,(H,39,43)(H,40,44). The largest absolute Gasteiger partial charge is 0.352 e. The zero-order chi connectivity index (χ0) is 30.5. The lowest BCUT2D eigenvalue weighted by Gasteiger charge is -2.12. The van der Waals surface area contributed by atoms with Crippen LogP contribution in [0, 0.1) is 0 Å². The van der Waals surface area contributed by atoms with E-state index in [0.29, 0.717) is 58.5 Å². The second-order valence-electron chi connectivity index (χ2n) is 10.3. The molecule has 0 saturated heterocycles. The lowest BCUT2D eigenvalue weighted by molar-refractivity contribution is 0.0941. The van der Waals surface area contributed by atoms with Crippen LogP contribution in [0.25, 0.3) is 44.3 Å². The number of nitrogens with zero attached hydrogens (tertiary/aromatic N) is 2. The van der Waals surface area contributed by atoms with E-state index < -0.39 is 0 Å². The lowest BCUT2D eigenvalue weighted by atomic mass is 10.0. The maximum atomic E-state index is 13.3. The molecule has 0 atom stereocenters. The van der Waals surface area contributed by atoms with E-state index in [1.54, 1.807) is 24.3 Å². The molecule has 0 bridgehead atoms. The van der Waals surface area contributed by atoms with Gasteiger partial charge in [0.05, 0.1) is 33.5 Å². The molecule has 0 saturated carbocycles. The van der Waals surface area contributed by atoms with Crippen molar-refractivity contribution in [2.24, 2.45) is 0 Å². The van der Waals surface area contributed by atoms with Gasteiger partial charge in [-0.2, -0.15) is 0 Å². The maximum Gasteiger partial charge on any atom is 0.252 e. The highest BCUT2D eigenvalue weighted by atomic mass is 35.5. The molecule has 0 aliphatic carbocycles. The Kier molecular flexibility index (Phi) is 8.82. The lowest BCUT2D eigenvalue weighted by Crippen LogP contribution is -2.27. The zero-order valence-corrected chi connectivity index (χ0v) is 25.2. The molecule has 2 N–H and O–H groups in total. The molecule has 2 aromatic heterocycles. The molecule has 8 heteroatoms. The Morgan fingerprint density at radius 1 is 0.545 bits per heavy atom. The van der Waals surface area contributed by atoms with Crippen molar-refractivity contribution >= 4 is 56.8 Å². The number of halogens is 2. The summed E-state index contributed by atoms with van der Waals surface area (Å²) >= 11 is 12.9. The Balaban J connectivity index is 1.09. The first-order chi connectivity index (χ1) is 21.5. The molecule has 44 heavy (non-hydrogen) atoms. The van der Waals surface area contributed by atoms with Crippen molar-refractivity contribution in [3.8, 4) is 22.5 Å². The van der Waals surface area contributed by atoms with Gasteiger partial charge in [-0.3, -0.25) is 9.59 Å². The van der Waals surface area contributed by atoms with Gasteiger partial charge in [0, 0.05) is 45.0 Å². The third kappa shape index (κ3) is 6.27. The molecule has 0 unspecified atom stereocenters. The van der Waals surface area contributed by atoms with E-state index in [-0.39, 0.29) is 11.8 Å². The summed E-state index contributed by atoms with van der Waals surface area (Å²) in [6.07, 6.45) is 1.38. The van der Waals surface area contributed by atoms with E-state index in [4.69, 9.17) is 33.2 Å². The van der Waals surface area contributed by atoms with Crippen LogP contribution in [0.5, 0.6) is 0 Å². The summed E-state index contributed by atoms with van der Waals surface area (Å²) in [5, 5.41) is 8.74. The molecule has 0 radical (unpaired) electrons. The average Bonchev–Trinajstić information content (AvgIpc) is 3.05. The molecule has 6 rings (SSSR count). The maximum absolute atomic E-state index is 13.3. The van der Waals surface area contributed by atoms with Gasteiger partial charge in [-0.15, -0.1) is 0 Å². The topological polar surface area (TPSA) is 84.0 Å². The van der Waals surface area contributed by atoms with Gasteiger partial charge in [0.25, 0.3) is 11.8 Å². The van der Waals surface area contributed by atoms with E-state index in [1.807, 2.05) is 84.9 Å². The average molecular weight is 620 g/mol. The first-order valence-corrected chi connectivity index (χ1v) is 15.1. The number of amides is 2. The van der Waals surface area contributed by atoms with Crippen molar-refractivity contribution in [2.75, 3.05) is 13.1 Å². The second-order valence-corrected chi connectivity index (χ2v) is 11.1. The number of nitrogens with one attached hydrogen (secondary N) is 2. The Labute approximate surface area is 265 Å². The molecule has 218 valence electrons. The third-order valence-electron chi connectivity index (χ3n) is 7.40. The van der Waals surface area contributed by atoms with Crippen LogP contribution in [0.3, 0.4) is 0 Å². The van der Waals surface area contributed by atoms with E-state index in [1.165, 1.54) is 0 Å². The highest BCUT2D eigenvalue weighted by Gasteiger charge is 2.16. The number of hydrogen-bond acceptors (Lipinski definition) is 4. The third-order valence-corrected chi connectivity index (χ3v) is 8.06. The van der Waals surface area contributed by atoms with Crippen LogP contribution in [0.15, 0.2) is 109 Å². The first kappa shape index (κ1) is 29.3. The van der Waals surface area contributed by atoms with Crippen molar-refractivity contribution < 1.29 is 9.59 Å². The second kappa shape index (κ2) is 13.2. The summed E-state index contributed by atoms with van der Waals surface area (Å²) in [6.45, 7) is 0.920. The van der Waals surface area contributed by atoms with Crippen LogP contribution < -0.4 is 10.6 Å². The van der Waals surface area contributed by atoms with Crippen molar-refractivity contribution in [3.63, 3.8) is 0 Å². The van der Waals surface area contributed by atoms with Gasteiger partial charge in [0.15, 0.2) is 0 Å². The van der Waals surface area contributed by atoms with Gasteiger partial charge in [0.1, 0.15) is 0 Å². The van der Waals surface area contributed by atoms with E-state index >= 15 is 0 Å². The van der Waals surface area contributed by atoms with Gasteiger partial charge in [-0.05, 0) is 49.2 Å². The minimum Gasteiger partial charge on any atom is -0.352 e. The van der Waals surface area contributed by atoms with Gasteiger partial charge in [-0.1, -0.05) is 96.0 Å². The normalized spacial score (nSPS) is 11.0. The quantitative estimate of drug-likeness (QED) is 0.159. The molecule has 2 heterocycles. The number of aromatic nitrogens is 2. The van der Waals surface area contributed by atoms with E-state index in [0.717, 1.165) is 32.9 Å². The number of unbranched alkanes of at least 4 members (excludes halogenated alkanes) is 1. The fourth-order valence-corrected chi connectivity index (χ4v) is 5.65. The molecule has 0 fully saturated rings. The fourth-order valence-electron chi connectivity index (χ4n) is 5.18. The number of hydrogen-bond donors (Lipinski definition) is 2. The number of fused-ring (bicyclic) bond motifs is 2. The Morgan fingerprint density at radius 3 is 1.36 bits per heavy atom. The summed E-state index contributed by atoms with van der Waals surface area (Å²) in [5.41, 5.74) is 5.34. The molecule has 4 aromatic carbocycles. The van der Waals surface area contributed by atoms with Crippen molar-refractivity contribution in [1.29, 1.82) is 0 Å². The molecule has 0 aliphatic rings. The summed E-state index contributed by atoms with van der Waals surface area (Å²) in [7, 11) is 0. The fraction of sp³-hybridized carbons (Fsp3) is 0.111. The number of rotatable bonds is 9. The molecular formula is C36H28Cl2N4O2. The van der Waals surface area contributed by atoms with E-state index in [2.05, 4.69) is 10.6 Å². The summed E-state index contributed by atoms with van der Waals surface area (Å²) in [4.78, 5) is 36.1. The molecule has 6 aromatic rings. The Morgan fingerprint density at radius 2 is 0.932 bits per heavy atom. The van der Waals surface area contributed by atoms with Crippen LogP contribution in [0.4, 0.5) is 0 Å². The predicted octanol–water partition coefficient (Wildman–Crippen LogP) is 8.36. The number of carbonyl (C=O) groups is 2. The highest BCUT2D eigenvalue weighted by molar-refractivity contribution is 6.33. The summed E-state index contributed by atoms with van der Waals surface area (Å²) in [5.74, 6) is -0.368. The van der Waals surface area contributed by atoms with Crippen molar-refractivity contribution in [2.45, 2.75) is 12.8 Å². The summed E-state index contributed by atoms with van der Waals surface area (Å²) < 4.78 is 0. The minimum absolute atomic E-state index is 0.184. The number of carbonyl (C=O) groups excluding carboxylic acids is 2. The number of benzene rings is 4. The summed E-state index contributed by atoms with van der Waals surface area (Å²) in [6, 6.07) is 33.6. The Hall–Kier alpha value is -4.78. The number of para-hydroxylation sites is 2. The Bertz CT molecular complexity index is 1870. The van der Waals surface area contributed by atoms with Gasteiger partial charge >= 0.3 is 0 Å². The molecule has 6 nitrogen and oxygen atoms in total. The molecular weight excluding hydrogens is 591 g/mol. The van der Waals surface area contributed by atoms with Crippen LogP contribution in [0.1, 0.15) is 33.6 Å². The monoisotopic (exact) mass is 618 g/mol. The molecule has 2 amide bonds. The van der Waals surface area contributed by atoms with Gasteiger partial charge in [-0.25, -0.2) is 9.97 Å². The van der Waals surface area contributed by atoms with Crippen LogP contribution in [-0.2, 0) is 0 Å². The minimum atomic E-state index is -0.184. The number of pyridine rings is 2. The highest BCUT2D eigenvalue weighted by Crippen LogP contribution is 2.31. The first-order valence-electron chi connectivity index (χ1n) is 14.4. The molecule has 0 spiro atoms. The van der Waals surface area contributed by atoms with Crippen LogP contribution >= 0.6 is 23.2 Å². The smallest absolute Gasteiger partial charge is 0.252 e.